The average Bonchev–Trinajstić information content (AvgIpc) is 3.37. The van der Waals surface area contributed by atoms with E-state index in [9.17, 15) is 9.59 Å². The van der Waals surface area contributed by atoms with Gasteiger partial charge in [0, 0.05) is 11.4 Å². The van der Waals surface area contributed by atoms with Crippen LogP contribution in [0.4, 0.5) is 11.4 Å². The van der Waals surface area contributed by atoms with E-state index in [1.165, 1.54) is 0 Å². The van der Waals surface area contributed by atoms with Gasteiger partial charge in [0.1, 0.15) is 0 Å². The summed E-state index contributed by atoms with van der Waals surface area (Å²) in [5, 5.41) is 14.3. The van der Waals surface area contributed by atoms with Crippen LogP contribution in [-0.4, -0.2) is 11.8 Å². The molecule has 2 amide bonds. The minimum Gasteiger partial charge on any atom is -0.326 e. The van der Waals surface area contributed by atoms with Crippen LogP contribution in [0.25, 0.3) is 0 Å². The molecule has 0 spiro atoms. The Bertz CT molecular complexity index is 763. The van der Waals surface area contributed by atoms with E-state index in [0.717, 1.165) is 5.69 Å². The zero-order valence-electron chi connectivity index (χ0n) is 12.3. The summed E-state index contributed by atoms with van der Waals surface area (Å²) < 4.78 is 0. The van der Waals surface area contributed by atoms with Gasteiger partial charge in [0.05, 0.1) is 23.5 Å². The number of carbonyl (C=O) groups is 2. The van der Waals surface area contributed by atoms with E-state index in [2.05, 4.69) is 10.6 Å². The van der Waals surface area contributed by atoms with Crippen LogP contribution in [0.1, 0.15) is 12.0 Å². The average molecular weight is 305 g/mol. The molecule has 0 bridgehead atoms. The van der Waals surface area contributed by atoms with Crippen LogP contribution in [0.3, 0.4) is 0 Å². The molecule has 5 heteroatoms. The van der Waals surface area contributed by atoms with Crippen LogP contribution >= 0.6 is 0 Å². The molecule has 0 saturated heterocycles. The molecule has 2 aromatic carbocycles. The van der Waals surface area contributed by atoms with Gasteiger partial charge in [0.2, 0.25) is 11.8 Å². The van der Waals surface area contributed by atoms with Crippen LogP contribution < -0.4 is 10.6 Å². The van der Waals surface area contributed by atoms with E-state index in [1.807, 2.05) is 36.4 Å². The monoisotopic (exact) mass is 305 g/mol. The van der Waals surface area contributed by atoms with Crippen molar-refractivity contribution >= 4 is 23.2 Å². The van der Waals surface area contributed by atoms with Crippen molar-refractivity contribution in [2.45, 2.75) is 6.42 Å². The predicted octanol–water partition coefficient (Wildman–Crippen LogP) is 2.77. The second-order valence-electron chi connectivity index (χ2n) is 5.48. The molecule has 0 radical (unpaired) electrons. The molecule has 114 valence electrons. The maximum Gasteiger partial charge on any atom is 0.228 e. The molecule has 1 fully saturated rings. The van der Waals surface area contributed by atoms with Crippen molar-refractivity contribution in [3.05, 3.63) is 60.2 Å². The Labute approximate surface area is 133 Å². The molecule has 23 heavy (non-hydrogen) atoms. The Hall–Kier alpha value is -3.13. The van der Waals surface area contributed by atoms with E-state index < -0.39 is 0 Å². The van der Waals surface area contributed by atoms with Gasteiger partial charge in [0.25, 0.3) is 0 Å². The number of amides is 2. The highest BCUT2D eigenvalue weighted by atomic mass is 16.2. The lowest BCUT2D eigenvalue weighted by molar-refractivity contribution is -0.122. The fourth-order valence-corrected chi connectivity index (χ4v) is 2.39. The topological polar surface area (TPSA) is 82.0 Å². The zero-order chi connectivity index (χ0) is 16.2. The molecular formula is C18H15N3O2. The van der Waals surface area contributed by atoms with Crippen molar-refractivity contribution in [3.8, 4) is 6.07 Å². The van der Waals surface area contributed by atoms with Gasteiger partial charge >= 0.3 is 0 Å². The molecule has 2 aromatic rings. The molecule has 5 nitrogen and oxygen atoms in total. The van der Waals surface area contributed by atoms with Crippen LogP contribution in [0.15, 0.2) is 54.6 Å². The van der Waals surface area contributed by atoms with E-state index in [4.69, 9.17) is 5.26 Å². The molecule has 0 aromatic heterocycles. The summed E-state index contributed by atoms with van der Waals surface area (Å²) in [6.07, 6.45) is 0.556. The van der Waals surface area contributed by atoms with Crippen molar-refractivity contribution in [2.24, 2.45) is 11.8 Å². The van der Waals surface area contributed by atoms with Gasteiger partial charge in [0.15, 0.2) is 0 Å². The van der Waals surface area contributed by atoms with Crippen molar-refractivity contribution in [3.63, 3.8) is 0 Å². The van der Waals surface area contributed by atoms with E-state index in [1.54, 1.807) is 24.3 Å². The van der Waals surface area contributed by atoms with Crippen LogP contribution in [0.2, 0.25) is 0 Å². The maximum absolute atomic E-state index is 12.1. The Morgan fingerprint density at radius 3 is 1.91 bits per heavy atom. The zero-order valence-corrected chi connectivity index (χ0v) is 12.3. The number of hydrogen-bond acceptors (Lipinski definition) is 3. The molecular weight excluding hydrogens is 290 g/mol. The SMILES string of the molecule is N#Cc1ccc(NC(=O)C2CC2C(=O)Nc2ccccc2)cc1. The molecule has 2 unspecified atom stereocenters. The number of nitrogens with one attached hydrogen (secondary N) is 2. The highest BCUT2D eigenvalue weighted by Crippen LogP contribution is 2.40. The van der Waals surface area contributed by atoms with Gasteiger partial charge in [-0.25, -0.2) is 0 Å². The first-order valence-electron chi connectivity index (χ1n) is 7.34. The minimum absolute atomic E-state index is 0.129. The van der Waals surface area contributed by atoms with E-state index in [0.29, 0.717) is 17.7 Å². The van der Waals surface area contributed by atoms with Gasteiger partial charge in [-0.15, -0.1) is 0 Å². The summed E-state index contributed by atoms with van der Waals surface area (Å²) in [7, 11) is 0. The molecule has 1 saturated carbocycles. The van der Waals surface area contributed by atoms with Crippen LogP contribution in [0.5, 0.6) is 0 Å². The highest BCUT2D eigenvalue weighted by molar-refractivity contribution is 6.03. The summed E-state index contributed by atoms with van der Waals surface area (Å²) in [4.78, 5) is 24.2. The number of carbonyl (C=O) groups excluding carboxylic acids is 2. The van der Waals surface area contributed by atoms with Gasteiger partial charge in [-0.3, -0.25) is 9.59 Å². The Morgan fingerprint density at radius 2 is 1.39 bits per heavy atom. The summed E-state index contributed by atoms with van der Waals surface area (Å²) in [6.45, 7) is 0. The van der Waals surface area contributed by atoms with Crippen molar-refractivity contribution in [2.75, 3.05) is 10.6 Å². The Balaban J connectivity index is 1.54. The lowest BCUT2D eigenvalue weighted by Crippen LogP contribution is -2.20. The van der Waals surface area contributed by atoms with E-state index >= 15 is 0 Å². The largest absolute Gasteiger partial charge is 0.326 e. The number of hydrogen-bond donors (Lipinski definition) is 2. The first kappa shape index (κ1) is 14.8. The number of nitrogens with zero attached hydrogens (tertiary/aromatic N) is 1. The van der Waals surface area contributed by atoms with Crippen LogP contribution in [-0.2, 0) is 9.59 Å². The number of para-hydroxylation sites is 1. The second kappa shape index (κ2) is 6.32. The molecule has 3 rings (SSSR count). The van der Waals surface area contributed by atoms with Gasteiger partial charge in [-0.2, -0.15) is 5.26 Å². The molecule has 1 aliphatic carbocycles. The molecule has 0 heterocycles. The maximum atomic E-state index is 12.1. The lowest BCUT2D eigenvalue weighted by Gasteiger charge is -2.06. The number of rotatable bonds is 4. The summed E-state index contributed by atoms with van der Waals surface area (Å²) in [5.41, 5.74) is 1.90. The smallest absolute Gasteiger partial charge is 0.228 e. The van der Waals surface area contributed by atoms with E-state index in [-0.39, 0.29) is 23.7 Å². The predicted molar refractivity (Wildman–Crippen MR) is 86.5 cm³/mol. The lowest BCUT2D eigenvalue weighted by atomic mass is 10.2. The summed E-state index contributed by atoms with van der Waals surface area (Å²) in [6, 6.07) is 17.8. The first-order valence-corrected chi connectivity index (χ1v) is 7.34. The Kier molecular flexibility index (Phi) is 4.07. The molecule has 0 aliphatic heterocycles. The van der Waals surface area contributed by atoms with Crippen molar-refractivity contribution in [1.29, 1.82) is 5.26 Å². The summed E-state index contributed by atoms with van der Waals surface area (Å²) >= 11 is 0. The fourth-order valence-electron chi connectivity index (χ4n) is 2.39. The van der Waals surface area contributed by atoms with Crippen LogP contribution in [0, 0.1) is 23.2 Å². The van der Waals surface area contributed by atoms with Crippen molar-refractivity contribution in [1.82, 2.24) is 0 Å². The minimum atomic E-state index is -0.297. The number of anilines is 2. The highest BCUT2D eigenvalue weighted by Gasteiger charge is 2.48. The van der Waals surface area contributed by atoms with Crippen molar-refractivity contribution < 1.29 is 9.59 Å². The third kappa shape index (κ3) is 3.55. The Morgan fingerprint density at radius 1 is 0.870 bits per heavy atom. The third-order valence-electron chi connectivity index (χ3n) is 3.79. The van der Waals surface area contributed by atoms with Gasteiger partial charge in [-0.1, -0.05) is 18.2 Å². The number of benzene rings is 2. The quantitative estimate of drug-likeness (QED) is 0.911. The van der Waals surface area contributed by atoms with Gasteiger partial charge < -0.3 is 10.6 Å². The number of nitriles is 1. The normalized spacial score (nSPS) is 18.6. The second-order valence-corrected chi connectivity index (χ2v) is 5.48. The first-order chi connectivity index (χ1) is 11.2. The van der Waals surface area contributed by atoms with Gasteiger partial charge in [-0.05, 0) is 42.8 Å². The molecule has 2 N–H and O–H groups in total. The fraction of sp³-hybridized carbons (Fsp3) is 0.167. The standard InChI is InChI=1S/C18H15N3O2/c19-11-12-6-8-14(9-7-12)21-18(23)16-10-15(16)17(22)20-13-4-2-1-3-5-13/h1-9,15-16H,10H2,(H,20,22)(H,21,23). The molecule has 2 atom stereocenters. The third-order valence-corrected chi connectivity index (χ3v) is 3.79. The molecule has 1 aliphatic rings. The summed E-state index contributed by atoms with van der Waals surface area (Å²) in [5.74, 6) is -0.873.